The molecular weight excluding hydrogens is 342 g/mol. The first kappa shape index (κ1) is 17.4. The van der Waals surface area contributed by atoms with E-state index < -0.39 is 12.0 Å². The number of aromatic nitrogens is 1. The molecule has 1 aliphatic rings. The second-order valence-corrected chi connectivity index (χ2v) is 6.88. The van der Waals surface area contributed by atoms with Gasteiger partial charge in [0.05, 0.1) is 7.11 Å². The van der Waals surface area contributed by atoms with Crippen LogP contribution < -0.4 is 15.0 Å². The number of carboxylic acids is 1. The molecule has 0 spiro atoms. The van der Waals surface area contributed by atoms with E-state index in [-0.39, 0.29) is 12.2 Å². The quantitative estimate of drug-likeness (QED) is 0.882. The zero-order chi connectivity index (χ0) is 18.1. The van der Waals surface area contributed by atoms with Crippen LogP contribution >= 0.6 is 11.8 Å². The monoisotopic (exact) mass is 361 g/mol. The lowest BCUT2D eigenvalue weighted by molar-refractivity contribution is -0.140. The van der Waals surface area contributed by atoms with Gasteiger partial charge in [-0.3, -0.25) is 9.36 Å². The summed E-state index contributed by atoms with van der Waals surface area (Å²) in [6.07, 6.45) is 0. The number of aryl methyl sites for hydroxylation is 1. The average molecular weight is 361 g/mol. The van der Waals surface area contributed by atoms with Crippen molar-refractivity contribution in [2.75, 3.05) is 12.9 Å². The fraction of sp³-hybridized carbons (Fsp3) is 0.333. The summed E-state index contributed by atoms with van der Waals surface area (Å²) < 4.78 is 12.6. The molecule has 0 saturated carbocycles. The molecule has 2 heterocycles. The molecule has 1 aromatic heterocycles. The number of thioether (sulfide) groups is 1. The van der Waals surface area contributed by atoms with E-state index in [2.05, 4.69) is 0 Å². The number of methoxy groups -OCH3 is 1. The molecule has 0 aliphatic carbocycles. The number of carboxylic acid groups (broad SMARTS) is 1. The molecule has 3 rings (SSSR count). The van der Waals surface area contributed by atoms with Crippen molar-refractivity contribution in [3.8, 4) is 11.5 Å². The second-order valence-electron chi connectivity index (χ2n) is 5.87. The van der Waals surface area contributed by atoms with E-state index >= 15 is 0 Å². The highest BCUT2D eigenvalue weighted by Gasteiger charge is 2.33. The number of nitrogens with zero attached hydrogens (tertiary/aromatic N) is 1. The Morgan fingerprint density at radius 1 is 1.40 bits per heavy atom. The molecule has 1 atom stereocenters. The topological polar surface area (TPSA) is 77.8 Å². The molecule has 132 valence electrons. The maximum absolute atomic E-state index is 12.4. The van der Waals surface area contributed by atoms with Crippen LogP contribution in [0, 0.1) is 13.8 Å². The highest BCUT2D eigenvalue weighted by Crippen LogP contribution is 2.40. The van der Waals surface area contributed by atoms with Crippen LogP contribution in [0.2, 0.25) is 0 Å². The third kappa shape index (κ3) is 3.11. The lowest BCUT2D eigenvalue weighted by atomic mass is 10.1. The number of hydrogen-bond donors (Lipinski definition) is 1. The normalized spacial score (nSPS) is 15.7. The summed E-state index contributed by atoms with van der Waals surface area (Å²) in [6.45, 7) is 4.16. The lowest BCUT2D eigenvalue weighted by Crippen LogP contribution is -2.29. The van der Waals surface area contributed by atoms with Gasteiger partial charge in [0, 0.05) is 17.4 Å². The minimum atomic E-state index is -1.02. The van der Waals surface area contributed by atoms with E-state index in [9.17, 15) is 14.7 Å². The van der Waals surface area contributed by atoms with E-state index in [1.54, 1.807) is 0 Å². The maximum atomic E-state index is 12.4. The molecule has 1 N–H and O–H groups in total. The van der Waals surface area contributed by atoms with Crippen LogP contribution in [0.5, 0.6) is 11.5 Å². The molecule has 0 fully saturated rings. The number of hydrogen-bond acceptors (Lipinski definition) is 5. The molecule has 25 heavy (non-hydrogen) atoms. The molecule has 1 aliphatic heterocycles. The van der Waals surface area contributed by atoms with Crippen molar-refractivity contribution in [2.24, 2.45) is 0 Å². The molecule has 0 saturated heterocycles. The van der Waals surface area contributed by atoms with Crippen molar-refractivity contribution in [3.63, 3.8) is 0 Å². The first-order valence-corrected chi connectivity index (χ1v) is 8.79. The third-order valence-electron chi connectivity index (χ3n) is 4.36. The lowest BCUT2D eigenvalue weighted by Gasteiger charge is -2.16. The molecule has 1 unspecified atom stereocenters. The molecule has 0 bridgehead atoms. The van der Waals surface area contributed by atoms with Gasteiger partial charge >= 0.3 is 5.97 Å². The number of pyridine rings is 1. The fourth-order valence-corrected chi connectivity index (χ4v) is 4.15. The third-order valence-corrected chi connectivity index (χ3v) is 5.49. The van der Waals surface area contributed by atoms with E-state index in [1.807, 2.05) is 32.0 Å². The van der Waals surface area contributed by atoms with Crippen molar-refractivity contribution in [1.82, 2.24) is 4.57 Å². The summed E-state index contributed by atoms with van der Waals surface area (Å²) in [5.41, 5.74) is 2.42. The van der Waals surface area contributed by atoms with E-state index in [4.69, 9.17) is 9.47 Å². The first-order valence-electron chi connectivity index (χ1n) is 7.81. The van der Waals surface area contributed by atoms with Crippen LogP contribution in [0.15, 0.2) is 34.1 Å². The average Bonchev–Trinajstić information content (AvgIpc) is 3.02. The van der Waals surface area contributed by atoms with E-state index in [0.717, 1.165) is 16.9 Å². The van der Waals surface area contributed by atoms with Crippen molar-refractivity contribution < 1.29 is 19.4 Å². The number of aliphatic carboxylic acids is 1. The minimum absolute atomic E-state index is 0.175. The van der Waals surface area contributed by atoms with Crippen LogP contribution in [0.1, 0.15) is 22.7 Å². The number of benzene rings is 1. The summed E-state index contributed by atoms with van der Waals surface area (Å²) in [5.74, 6) is 0.537. The minimum Gasteiger partial charge on any atom is -0.494 e. The summed E-state index contributed by atoms with van der Waals surface area (Å²) >= 11 is 1.31. The molecular formula is C18H19NO5S. The predicted octanol–water partition coefficient (Wildman–Crippen LogP) is 2.78. The van der Waals surface area contributed by atoms with Crippen LogP contribution in [-0.4, -0.2) is 28.5 Å². The summed E-state index contributed by atoms with van der Waals surface area (Å²) in [5, 5.41) is 9.83. The highest BCUT2D eigenvalue weighted by atomic mass is 32.2. The van der Waals surface area contributed by atoms with Crippen LogP contribution in [-0.2, 0) is 11.4 Å². The highest BCUT2D eigenvalue weighted by molar-refractivity contribution is 7.99. The van der Waals surface area contributed by atoms with Crippen molar-refractivity contribution in [2.45, 2.75) is 31.5 Å². The molecule has 0 amide bonds. The number of rotatable bonds is 5. The van der Waals surface area contributed by atoms with Crippen molar-refractivity contribution in [1.29, 1.82) is 0 Å². The Balaban J connectivity index is 1.96. The van der Waals surface area contributed by atoms with Crippen molar-refractivity contribution in [3.05, 3.63) is 51.3 Å². The van der Waals surface area contributed by atoms with Crippen LogP contribution in [0.25, 0.3) is 0 Å². The van der Waals surface area contributed by atoms with Gasteiger partial charge in [-0.2, -0.15) is 0 Å². The summed E-state index contributed by atoms with van der Waals surface area (Å²) in [7, 11) is 1.51. The first-order chi connectivity index (χ1) is 11.9. The maximum Gasteiger partial charge on any atom is 0.327 e. The largest absolute Gasteiger partial charge is 0.494 e. The van der Waals surface area contributed by atoms with E-state index in [1.165, 1.54) is 29.5 Å². The number of fused-ring (bicyclic) bond motifs is 1. The van der Waals surface area contributed by atoms with Gasteiger partial charge in [-0.1, -0.05) is 12.1 Å². The standard InChI is InChI=1S/C18H19NO5S/c1-10-5-4-6-14(11(10)2)24-8-12-7-15(20)19-13(18(21)22)9-25-17(19)16(12)23-3/h4-7,13H,8-9H2,1-3H3,(H,21,22). The zero-order valence-corrected chi connectivity index (χ0v) is 15.1. The van der Waals surface area contributed by atoms with Gasteiger partial charge in [-0.25, -0.2) is 4.79 Å². The Labute approximate surface area is 149 Å². The Hall–Kier alpha value is -2.41. The predicted molar refractivity (Wildman–Crippen MR) is 94.9 cm³/mol. The van der Waals surface area contributed by atoms with Gasteiger partial charge in [0.2, 0.25) is 0 Å². The Kier molecular flexibility index (Phi) is 4.76. The zero-order valence-electron chi connectivity index (χ0n) is 14.2. The SMILES string of the molecule is COc1c(COc2cccc(C)c2C)cc(=O)n2c1SCC2C(=O)O. The second kappa shape index (κ2) is 6.84. The number of ether oxygens (including phenoxy) is 2. The Bertz CT molecular complexity index is 890. The Morgan fingerprint density at radius 3 is 2.84 bits per heavy atom. The molecule has 0 radical (unpaired) electrons. The molecule has 7 heteroatoms. The molecule has 1 aromatic carbocycles. The summed E-state index contributed by atoms with van der Waals surface area (Å²) in [6, 6.07) is 6.34. The Morgan fingerprint density at radius 2 is 2.16 bits per heavy atom. The van der Waals surface area contributed by atoms with Crippen LogP contribution in [0.3, 0.4) is 0 Å². The number of carbonyl (C=O) groups is 1. The smallest absolute Gasteiger partial charge is 0.327 e. The van der Waals surface area contributed by atoms with Crippen LogP contribution in [0.4, 0.5) is 0 Å². The van der Waals surface area contributed by atoms with Gasteiger partial charge in [0.1, 0.15) is 23.4 Å². The van der Waals surface area contributed by atoms with Crippen molar-refractivity contribution >= 4 is 17.7 Å². The van der Waals surface area contributed by atoms with Gasteiger partial charge in [0.25, 0.3) is 5.56 Å². The molecule has 2 aromatic rings. The van der Waals surface area contributed by atoms with Gasteiger partial charge < -0.3 is 14.6 Å². The van der Waals surface area contributed by atoms with Gasteiger partial charge in [-0.15, -0.1) is 11.8 Å². The fourth-order valence-electron chi connectivity index (χ4n) is 2.84. The van der Waals surface area contributed by atoms with Gasteiger partial charge in [-0.05, 0) is 31.0 Å². The summed E-state index contributed by atoms with van der Waals surface area (Å²) in [4.78, 5) is 23.8. The van der Waals surface area contributed by atoms with Gasteiger partial charge in [0.15, 0.2) is 5.75 Å². The van der Waals surface area contributed by atoms with E-state index in [0.29, 0.717) is 22.1 Å². The molecule has 6 nitrogen and oxygen atoms in total.